The van der Waals surface area contributed by atoms with E-state index < -0.39 is 0 Å². The second-order valence-corrected chi connectivity index (χ2v) is 5.54. The topological polar surface area (TPSA) is 53.1 Å². The summed E-state index contributed by atoms with van der Waals surface area (Å²) in [5.41, 5.74) is 7.60. The third-order valence-electron chi connectivity index (χ3n) is 3.31. The number of nitrogens with zero attached hydrogens (tertiary/aromatic N) is 2. The van der Waals surface area contributed by atoms with Gasteiger partial charge in [-0.05, 0) is 35.0 Å². The molecule has 0 radical (unpaired) electrons. The Morgan fingerprint density at radius 1 is 1.15 bits per heavy atom. The van der Waals surface area contributed by atoms with E-state index in [1.54, 1.807) is 11.8 Å². The summed E-state index contributed by atoms with van der Waals surface area (Å²) < 4.78 is 8.18. The monoisotopic (exact) mass is 331 g/mol. The first kappa shape index (κ1) is 13.0. The van der Waals surface area contributed by atoms with Crippen LogP contribution in [0.3, 0.4) is 0 Å². The maximum absolute atomic E-state index is 5.86. The van der Waals surface area contributed by atoms with Crippen LogP contribution in [-0.2, 0) is 7.05 Å². The second kappa shape index (κ2) is 4.83. The highest BCUT2D eigenvalue weighted by atomic mass is 79.9. The fourth-order valence-electron chi connectivity index (χ4n) is 2.23. The molecule has 1 aromatic heterocycles. The molecule has 1 heterocycles. The highest BCUT2D eigenvalue weighted by Gasteiger charge is 2.12. The van der Waals surface area contributed by atoms with Crippen molar-refractivity contribution in [3.63, 3.8) is 0 Å². The highest BCUT2D eigenvalue weighted by Crippen LogP contribution is 2.34. The molecule has 4 nitrogen and oxygen atoms in total. The Balaban J connectivity index is 2.27. The minimum atomic E-state index is 0.622. The minimum Gasteiger partial charge on any atom is -0.496 e. The molecule has 0 aliphatic carbocycles. The molecular weight excluding hydrogens is 318 g/mol. The molecule has 0 aliphatic heterocycles. The largest absolute Gasteiger partial charge is 0.496 e. The summed E-state index contributed by atoms with van der Waals surface area (Å²) in [6.45, 7) is 0. The number of aromatic nitrogens is 2. The first-order valence-electron chi connectivity index (χ1n) is 6.15. The van der Waals surface area contributed by atoms with E-state index in [0.717, 1.165) is 32.3 Å². The van der Waals surface area contributed by atoms with Crippen LogP contribution in [0.1, 0.15) is 0 Å². The van der Waals surface area contributed by atoms with Gasteiger partial charge in [-0.1, -0.05) is 22.0 Å². The summed E-state index contributed by atoms with van der Waals surface area (Å²) in [7, 11) is 3.48. The predicted octanol–water partition coefficient (Wildman–Crippen LogP) is 3.59. The third kappa shape index (κ3) is 2.14. The van der Waals surface area contributed by atoms with Crippen LogP contribution in [-0.4, -0.2) is 16.9 Å². The summed E-state index contributed by atoms with van der Waals surface area (Å²) in [5.74, 6) is 1.41. The normalized spacial score (nSPS) is 10.9. The summed E-state index contributed by atoms with van der Waals surface area (Å²) in [6, 6.07) is 12.1. The standard InChI is InChI=1S/C15H14BrN3O/c1-19-15(17)8-13(18-19)12-6-10-5-11(16)4-3-9(10)7-14(12)20-2/h3-8H,17H2,1-2H3. The van der Waals surface area contributed by atoms with Crippen LogP contribution in [0.2, 0.25) is 0 Å². The smallest absolute Gasteiger partial charge is 0.128 e. The van der Waals surface area contributed by atoms with Crippen molar-refractivity contribution in [2.45, 2.75) is 0 Å². The summed E-state index contributed by atoms with van der Waals surface area (Å²) >= 11 is 3.49. The van der Waals surface area contributed by atoms with Crippen molar-refractivity contribution in [1.29, 1.82) is 0 Å². The molecule has 102 valence electrons. The summed E-state index contributed by atoms with van der Waals surface area (Å²) in [5, 5.41) is 6.67. The zero-order valence-electron chi connectivity index (χ0n) is 11.2. The van der Waals surface area contributed by atoms with Crippen molar-refractivity contribution in [2.24, 2.45) is 7.05 Å². The molecule has 0 saturated carbocycles. The van der Waals surface area contributed by atoms with Crippen molar-refractivity contribution in [2.75, 3.05) is 12.8 Å². The fraction of sp³-hybridized carbons (Fsp3) is 0.133. The molecule has 0 aliphatic rings. The molecule has 0 atom stereocenters. The van der Waals surface area contributed by atoms with Crippen molar-refractivity contribution in [3.8, 4) is 17.0 Å². The number of nitrogens with two attached hydrogens (primary N) is 1. The van der Waals surface area contributed by atoms with Crippen molar-refractivity contribution in [3.05, 3.63) is 40.9 Å². The van der Waals surface area contributed by atoms with E-state index in [4.69, 9.17) is 10.5 Å². The number of hydrogen-bond donors (Lipinski definition) is 1. The average molecular weight is 332 g/mol. The maximum atomic E-state index is 5.86. The van der Waals surface area contributed by atoms with Gasteiger partial charge in [0.05, 0.1) is 12.8 Å². The van der Waals surface area contributed by atoms with Gasteiger partial charge in [0.2, 0.25) is 0 Å². The first-order valence-corrected chi connectivity index (χ1v) is 6.95. The Kier molecular flexibility index (Phi) is 3.14. The number of benzene rings is 2. The van der Waals surface area contributed by atoms with Gasteiger partial charge in [-0.3, -0.25) is 4.68 Å². The van der Waals surface area contributed by atoms with Gasteiger partial charge < -0.3 is 10.5 Å². The number of ether oxygens (including phenoxy) is 1. The van der Waals surface area contributed by atoms with Crippen LogP contribution in [0, 0.1) is 0 Å². The molecule has 5 heteroatoms. The number of anilines is 1. The maximum Gasteiger partial charge on any atom is 0.128 e. The molecule has 2 aromatic carbocycles. The highest BCUT2D eigenvalue weighted by molar-refractivity contribution is 9.10. The Hall–Kier alpha value is -2.01. The van der Waals surface area contributed by atoms with Crippen molar-refractivity contribution in [1.82, 2.24) is 9.78 Å². The fourth-order valence-corrected chi connectivity index (χ4v) is 2.61. The van der Waals surface area contributed by atoms with Gasteiger partial charge in [0, 0.05) is 23.2 Å². The molecule has 3 aromatic rings. The van der Waals surface area contributed by atoms with Crippen molar-refractivity contribution < 1.29 is 4.74 Å². The van der Waals surface area contributed by atoms with E-state index in [1.165, 1.54) is 0 Å². The summed E-state index contributed by atoms with van der Waals surface area (Å²) in [4.78, 5) is 0. The number of nitrogen functional groups attached to an aromatic ring is 1. The molecule has 2 N–H and O–H groups in total. The lowest BCUT2D eigenvalue weighted by atomic mass is 10.0. The van der Waals surface area contributed by atoms with Gasteiger partial charge in [-0.25, -0.2) is 0 Å². The SMILES string of the molecule is COc1cc2ccc(Br)cc2cc1-c1cc(N)n(C)n1. The lowest BCUT2D eigenvalue weighted by Gasteiger charge is -2.09. The van der Waals surface area contributed by atoms with Crippen LogP contribution in [0.25, 0.3) is 22.0 Å². The molecule has 0 saturated heterocycles. The van der Waals surface area contributed by atoms with Crippen molar-refractivity contribution >= 4 is 32.5 Å². The number of aryl methyl sites for hydroxylation is 1. The van der Waals surface area contributed by atoms with Gasteiger partial charge in [-0.15, -0.1) is 0 Å². The predicted molar refractivity (Wildman–Crippen MR) is 84.8 cm³/mol. The molecule has 20 heavy (non-hydrogen) atoms. The molecule has 0 spiro atoms. The van der Waals surface area contributed by atoms with Crippen LogP contribution >= 0.6 is 15.9 Å². The number of halogens is 1. The van der Waals surface area contributed by atoms with Gasteiger partial charge >= 0.3 is 0 Å². The van der Waals surface area contributed by atoms with Crippen LogP contribution in [0.5, 0.6) is 5.75 Å². The lowest BCUT2D eigenvalue weighted by molar-refractivity contribution is 0.417. The van der Waals surface area contributed by atoms with E-state index in [2.05, 4.69) is 39.2 Å². The summed E-state index contributed by atoms with van der Waals surface area (Å²) in [6.07, 6.45) is 0. The van der Waals surface area contributed by atoms with E-state index in [1.807, 2.05) is 25.2 Å². The lowest BCUT2D eigenvalue weighted by Crippen LogP contribution is -1.96. The Labute approximate surface area is 125 Å². The Morgan fingerprint density at radius 2 is 1.95 bits per heavy atom. The van der Waals surface area contributed by atoms with E-state index in [-0.39, 0.29) is 0 Å². The number of hydrogen-bond acceptors (Lipinski definition) is 3. The Morgan fingerprint density at radius 3 is 2.60 bits per heavy atom. The zero-order chi connectivity index (χ0) is 14.3. The van der Waals surface area contributed by atoms with Gasteiger partial charge in [-0.2, -0.15) is 5.10 Å². The molecule has 0 fully saturated rings. The van der Waals surface area contributed by atoms with Gasteiger partial charge in [0.15, 0.2) is 0 Å². The zero-order valence-corrected chi connectivity index (χ0v) is 12.8. The van der Waals surface area contributed by atoms with Gasteiger partial charge in [0.25, 0.3) is 0 Å². The quantitative estimate of drug-likeness (QED) is 0.780. The van der Waals surface area contributed by atoms with E-state index in [0.29, 0.717) is 5.82 Å². The molecular formula is C15H14BrN3O. The molecule has 0 amide bonds. The molecule has 0 unspecified atom stereocenters. The number of fused-ring (bicyclic) bond motifs is 1. The minimum absolute atomic E-state index is 0.622. The van der Waals surface area contributed by atoms with E-state index in [9.17, 15) is 0 Å². The van der Waals surface area contributed by atoms with E-state index >= 15 is 0 Å². The third-order valence-corrected chi connectivity index (χ3v) is 3.81. The van der Waals surface area contributed by atoms with Gasteiger partial charge in [0.1, 0.15) is 11.6 Å². The Bertz CT molecular complexity index is 776. The molecule has 0 bridgehead atoms. The number of methoxy groups -OCH3 is 1. The van der Waals surface area contributed by atoms with Crippen LogP contribution < -0.4 is 10.5 Å². The average Bonchev–Trinajstić information content (AvgIpc) is 2.77. The first-order chi connectivity index (χ1) is 9.58. The molecule has 3 rings (SSSR count). The number of rotatable bonds is 2. The van der Waals surface area contributed by atoms with Crippen LogP contribution in [0.15, 0.2) is 40.9 Å². The van der Waals surface area contributed by atoms with Crippen LogP contribution in [0.4, 0.5) is 5.82 Å². The second-order valence-electron chi connectivity index (χ2n) is 4.62.